The van der Waals surface area contributed by atoms with Crippen molar-refractivity contribution in [3.05, 3.63) is 94.6 Å². The molecule has 0 bridgehead atoms. The van der Waals surface area contributed by atoms with Gasteiger partial charge in [0.05, 0.1) is 0 Å². The van der Waals surface area contributed by atoms with Crippen LogP contribution < -0.4 is 0 Å². The highest BCUT2D eigenvalue weighted by molar-refractivity contribution is 6.01. The molecule has 2 aromatic carbocycles. The van der Waals surface area contributed by atoms with Crippen molar-refractivity contribution in [2.45, 2.75) is 24.7 Å². The molecule has 3 aromatic rings. The maximum absolute atomic E-state index is 13.5. The summed E-state index contributed by atoms with van der Waals surface area (Å²) >= 11 is 0. The Kier molecular flexibility index (Phi) is 3.61. The Labute approximate surface area is 156 Å². The molecule has 3 nitrogen and oxygen atoms in total. The van der Waals surface area contributed by atoms with Crippen molar-refractivity contribution in [1.29, 1.82) is 0 Å². The van der Waals surface area contributed by atoms with Crippen LogP contribution in [0.1, 0.15) is 45.7 Å². The molecule has 2 aliphatic rings. The lowest BCUT2D eigenvalue weighted by molar-refractivity contribution is 0.0962. The number of hydrogen-bond acceptors (Lipinski definition) is 2. The van der Waals surface area contributed by atoms with E-state index in [1.165, 1.54) is 12.1 Å². The summed E-state index contributed by atoms with van der Waals surface area (Å²) < 4.78 is 13.5. The number of hydrogen-bond donors (Lipinski definition) is 1. The number of nitrogens with zero attached hydrogens (tertiary/aromatic N) is 1. The molecule has 0 spiro atoms. The maximum Gasteiger partial charge on any atom is 0.186 e. The molecule has 1 heterocycles. The Bertz CT molecular complexity index is 1030. The van der Waals surface area contributed by atoms with E-state index >= 15 is 0 Å². The fraction of sp³-hybridized carbons (Fsp3) is 0.217. The number of allylic oxidation sites excluding steroid dienone is 1. The van der Waals surface area contributed by atoms with E-state index in [1.807, 2.05) is 36.4 Å². The molecule has 4 heteroatoms. The lowest BCUT2D eigenvalue weighted by atomic mass is 9.68. The van der Waals surface area contributed by atoms with Crippen LogP contribution in [0.25, 0.3) is 6.08 Å². The van der Waals surface area contributed by atoms with E-state index in [9.17, 15) is 9.18 Å². The number of halogens is 1. The summed E-state index contributed by atoms with van der Waals surface area (Å²) in [6.45, 7) is 0. The van der Waals surface area contributed by atoms with Gasteiger partial charge in [0.2, 0.25) is 0 Å². The van der Waals surface area contributed by atoms with Crippen LogP contribution >= 0.6 is 0 Å². The Morgan fingerprint density at radius 3 is 2.44 bits per heavy atom. The number of nitrogens with one attached hydrogen (secondary N) is 1. The van der Waals surface area contributed by atoms with Crippen LogP contribution in [0.4, 0.5) is 4.39 Å². The first-order valence-corrected chi connectivity index (χ1v) is 9.30. The Hall–Kier alpha value is -3.01. The second kappa shape index (κ2) is 6.02. The molecule has 0 aliphatic heterocycles. The van der Waals surface area contributed by atoms with Crippen molar-refractivity contribution in [1.82, 2.24) is 10.2 Å². The van der Waals surface area contributed by atoms with Crippen molar-refractivity contribution < 1.29 is 9.18 Å². The highest BCUT2D eigenvalue weighted by atomic mass is 19.1. The Morgan fingerprint density at radius 1 is 1.04 bits per heavy atom. The third-order valence-corrected chi connectivity index (χ3v) is 5.70. The van der Waals surface area contributed by atoms with Crippen molar-refractivity contribution in [3.63, 3.8) is 0 Å². The fourth-order valence-corrected chi connectivity index (χ4v) is 4.04. The maximum atomic E-state index is 13.5. The smallest absolute Gasteiger partial charge is 0.186 e. The van der Waals surface area contributed by atoms with E-state index in [1.54, 1.807) is 0 Å². The molecule has 0 saturated heterocycles. The summed E-state index contributed by atoms with van der Waals surface area (Å²) in [5.74, 6) is 0.0381. The number of ketones is 1. The zero-order valence-electron chi connectivity index (χ0n) is 14.8. The van der Waals surface area contributed by atoms with Crippen LogP contribution in [0.15, 0.2) is 60.7 Å². The predicted molar refractivity (Wildman–Crippen MR) is 102 cm³/mol. The fourth-order valence-electron chi connectivity index (χ4n) is 4.04. The average Bonchev–Trinajstić information content (AvgIpc) is 3.48. The number of rotatable bonds is 4. The first kappa shape index (κ1) is 16.2. The number of carbonyl (C=O) groups is 1. The van der Waals surface area contributed by atoms with Gasteiger partial charge in [0, 0.05) is 29.0 Å². The molecule has 0 amide bonds. The molecule has 1 fully saturated rings. The van der Waals surface area contributed by atoms with E-state index in [0.717, 1.165) is 35.2 Å². The zero-order chi connectivity index (χ0) is 18.4. The van der Waals surface area contributed by atoms with Gasteiger partial charge >= 0.3 is 0 Å². The van der Waals surface area contributed by atoms with E-state index in [2.05, 4.69) is 28.4 Å². The third kappa shape index (κ3) is 2.64. The van der Waals surface area contributed by atoms with Gasteiger partial charge in [-0.15, -0.1) is 0 Å². The van der Waals surface area contributed by atoms with Gasteiger partial charge < -0.3 is 0 Å². The van der Waals surface area contributed by atoms with Gasteiger partial charge in [-0.25, -0.2) is 4.39 Å². The molecular weight excluding hydrogens is 339 g/mol. The minimum Gasteiger partial charge on any atom is -0.292 e. The summed E-state index contributed by atoms with van der Waals surface area (Å²) in [5, 5.41) is 7.44. The number of benzene rings is 2. The number of H-pyrrole nitrogens is 1. The highest BCUT2D eigenvalue weighted by Crippen LogP contribution is 2.42. The monoisotopic (exact) mass is 358 g/mol. The van der Waals surface area contributed by atoms with E-state index in [0.29, 0.717) is 12.1 Å². The summed E-state index contributed by atoms with van der Waals surface area (Å²) in [6, 6.07) is 16.9. The number of aromatic amines is 1. The first-order valence-electron chi connectivity index (χ1n) is 9.30. The van der Waals surface area contributed by atoms with Crippen molar-refractivity contribution in [3.8, 4) is 0 Å². The molecule has 5 rings (SSSR count). The van der Waals surface area contributed by atoms with Crippen LogP contribution in [0.2, 0.25) is 0 Å². The topological polar surface area (TPSA) is 45.8 Å². The van der Waals surface area contributed by atoms with E-state index in [4.69, 9.17) is 0 Å². The zero-order valence-corrected chi connectivity index (χ0v) is 14.8. The lowest BCUT2D eigenvalue weighted by Crippen LogP contribution is -2.30. The van der Waals surface area contributed by atoms with Gasteiger partial charge in [0.25, 0.3) is 0 Å². The van der Waals surface area contributed by atoms with Gasteiger partial charge in [0.15, 0.2) is 5.78 Å². The molecule has 1 unspecified atom stereocenters. The van der Waals surface area contributed by atoms with Gasteiger partial charge in [0.1, 0.15) is 11.5 Å². The van der Waals surface area contributed by atoms with Crippen LogP contribution in [0, 0.1) is 11.7 Å². The van der Waals surface area contributed by atoms with Crippen LogP contribution in [-0.2, 0) is 11.8 Å². The van der Waals surface area contributed by atoms with Gasteiger partial charge in [-0.3, -0.25) is 9.89 Å². The Balaban J connectivity index is 1.63. The number of fused-ring (bicyclic) bond motifs is 1. The highest BCUT2D eigenvalue weighted by Gasteiger charge is 2.39. The van der Waals surface area contributed by atoms with Gasteiger partial charge in [-0.05, 0) is 36.1 Å². The summed E-state index contributed by atoms with van der Waals surface area (Å²) in [4.78, 5) is 12.5. The van der Waals surface area contributed by atoms with Crippen molar-refractivity contribution in [2.24, 2.45) is 5.92 Å². The van der Waals surface area contributed by atoms with Gasteiger partial charge in [-0.1, -0.05) is 54.6 Å². The molecule has 1 N–H and O–H groups in total. The number of Topliss-reactive ketones (excluding diaryl/α,β-unsaturated/α-hetero) is 1. The molecule has 1 atom stereocenters. The average molecular weight is 358 g/mol. The minimum atomic E-state index is -0.422. The second-order valence-corrected chi connectivity index (χ2v) is 7.46. The van der Waals surface area contributed by atoms with Crippen molar-refractivity contribution >= 4 is 11.9 Å². The molecule has 1 aromatic heterocycles. The standard InChI is InChI=1S/C23H19FN2O/c24-18-10-8-17(9-11-18)23(16-4-2-1-3-5-16)13-12-19-20(14-23)25-26-21(19)22(27)15-6-7-15/h1-5,8-13,15H,6-7,14H2,(H,25,26). The summed E-state index contributed by atoms with van der Waals surface area (Å²) in [5.41, 5.74) is 4.14. The quantitative estimate of drug-likeness (QED) is 0.687. The largest absolute Gasteiger partial charge is 0.292 e. The minimum absolute atomic E-state index is 0.142. The van der Waals surface area contributed by atoms with Crippen LogP contribution in [0.3, 0.4) is 0 Å². The first-order chi connectivity index (χ1) is 13.2. The molecule has 2 aliphatic carbocycles. The number of aromatic nitrogens is 2. The molecular formula is C23H19FN2O. The van der Waals surface area contributed by atoms with Crippen LogP contribution in [-0.4, -0.2) is 16.0 Å². The molecule has 27 heavy (non-hydrogen) atoms. The van der Waals surface area contributed by atoms with E-state index in [-0.39, 0.29) is 17.5 Å². The van der Waals surface area contributed by atoms with Gasteiger partial charge in [-0.2, -0.15) is 5.10 Å². The van der Waals surface area contributed by atoms with Crippen molar-refractivity contribution in [2.75, 3.05) is 0 Å². The molecule has 0 radical (unpaired) electrons. The SMILES string of the molecule is O=C(c1n[nH]c2c1C=CC(c1ccccc1)(c1ccc(F)cc1)C2)C1CC1. The molecule has 134 valence electrons. The van der Waals surface area contributed by atoms with Crippen LogP contribution in [0.5, 0.6) is 0 Å². The predicted octanol–water partition coefficient (Wildman–Crippen LogP) is 4.70. The second-order valence-electron chi connectivity index (χ2n) is 7.46. The Morgan fingerprint density at radius 2 is 1.74 bits per heavy atom. The number of carbonyl (C=O) groups excluding carboxylic acids is 1. The summed E-state index contributed by atoms with van der Waals surface area (Å²) in [7, 11) is 0. The lowest BCUT2D eigenvalue weighted by Gasteiger charge is -2.34. The molecule has 1 saturated carbocycles. The third-order valence-electron chi connectivity index (χ3n) is 5.70. The normalized spacial score (nSPS) is 21.1. The summed E-state index contributed by atoms with van der Waals surface area (Å²) in [6.07, 6.45) is 6.73. The van der Waals surface area contributed by atoms with E-state index < -0.39 is 5.41 Å².